The first-order valence-corrected chi connectivity index (χ1v) is 20.9. The van der Waals surface area contributed by atoms with Crippen molar-refractivity contribution in [3.63, 3.8) is 0 Å². The molecule has 0 aliphatic rings. The van der Waals surface area contributed by atoms with E-state index in [1.807, 2.05) is 24.3 Å². The Kier molecular flexibility index (Phi) is 12.5. The molecule has 3 rings (SSSR count). The number of methoxy groups -OCH3 is 1. The third-order valence-corrected chi connectivity index (χ3v) is 18.7. The lowest BCUT2D eigenvalue weighted by Gasteiger charge is -2.43. The summed E-state index contributed by atoms with van der Waals surface area (Å²) in [5, 5.41) is 2.35. The first kappa shape index (κ1) is 37.2. The van der Waals surface area contributed by atoms with Crippen LogP contribution in [-0.2, 0) is 18.4 Å². The largest absolute Gasteiger partial charge is 0.465 e. The highest BCUT2D eigenvalue weighted by Crippen LogP contribution is 2.38. The molecule has 0 bridgehead atoms. The molecule has 0 aliphatic heterocycles. The standard InChI is InChI=1S/C38H53NO5Si2/c1-37(2,3)45(9,10)43-29-27-30(35(40)39(7)34-26-18-17-25-33(34)36(41)42-8)20-19-28-44-46(38(4,5)6,31-21-13-11-14-22-31)32-23-15-12-16-24-32/h11-18,20-26H,19,27-29H2,1-10H3/b30-20-. The average Bonchev–Trinajstić information content (AvgIpc) is 3.02. The highest BCUT2D eigenvalue weighted by Gasteiger charge is 2.50. The van der Waals surface area contributed by atoms with Gasteiger partial charge in [0, 0.05) is 25.8 Å². The maximum absolute atomic E-state index is 14.1. The maximum Gasteiger partial charge on any atom is 0.339 e. The van der Waals surface area contributed by atoms with Crippen LogP contribution in [0.3, 0.4) is 0 Å². The van der Waals surface area contributed by atoms with Gasteiger partial charge in [-0.05, 0) is 58.5 Å². The second-order valence-electron chi connectivity index (χ2n) is 14.3. The van der Waals surface area contributed by atoms with Crippen molar-refractivity contribution in [1.82, 2.24) is 0 Å². The van der Waals surface area contributed by atoms with E-state index in [2.05, 4.69) is 103 Å². The fraction of sp³-hybridized carbons (Fsp3) is 0.421. The van der Waals surface area contributed by atoms with Gasteiger partial charge in [0.05, 0.1) is 18.4 Å². The molecule has 8 heteroatoms. The summed E-state index contributed by atoms with van der Waals surface area (Å²) >= 11 is 0. The van der Waals surface area contributed by atoms with Crippen LogP contribution in [0.4, 0.5) is 5.69 Å². The van der Waals surface area contributed by atoms with Crippen LogP contribution in [0, 0.1) is 0 Å². The molecule has 0 unspecified atom stereocenters. The lowest BCUT2D eigenvalue weighted by molar-refractivity contribution is -0.115. The molecule has 0 aliphatic carbocycles. The number of amides is 1. The molecular formula is C38H53NO5Si2. The summed E-state index contributed by atoms with van der Waals surface area (Å²) < 4.78 is 18.6. The van der Waals surface area contributed by atoms with Crippen LogP contribution >= 0.6 is 0 Å². The zero-order chi connectivity index (χ0) is 34.2. The second kappa shape index (κ2) is 15.5. The van der Waals surface area contributed by atoms with E-state index in [9.17, 15) is 9.59 Å². The number of esters is 1. The van der Waals surface area contributed by atoms with E-state index < -0.39 is 22.6 Å². The zero-order valence-corrected chi connectivity index (χ0v) is 31.5. The Morgan fingerprint density at radius 2 is 1.26 bits per heavy atom. The van der Waals surface area contributed by atoms with Gasteiger partial charge in [0.25, 0.3) is 14.2 Å². The first-order valence-electron chi connectivity index (χ1n) is 16.1. The molecule has 6 nitrogen and oxygen atoms in total. The normalized spacial score (nSPS) is 13.0. The summed E-state index contributed by atoms with van der Waals surface area (Å²) in [4.78, 5) is 28.1. The first-order chi connectivity index (χ1) is 21.6. The maximum atomic E-state index is 14.1. The summed E-state index contributed by atoms with van der Waals surface area (Å²) in [7, 11) is -1.69. The summed E-state index contributed by atoms with van der Waals surface area (Å²) in [6.07, 6.45) is 3.00. The summed E-state index contributed by atoms with van der Waals surface area (Å²) in [6.45, 7) is 18.7. The summed E-state index contributed by atoms with van der Waals surface area (Å²) in [5.41, 5.74) is 1.47. The van der Waals surface area contributed by atoms with Gasteiger partial charge in [-0.2, -0.15) is 0 Å². The van der Waals surface area contributed by atoms with E-state index in [-0.39, 0.29) is 16.0 Å². The molecule has 46 heavy (non-hydrogen) atoms. The lowest BCUT2D eigenvalue weighted by atomic mass is 10.1. The molecule has 0 spiro atoms. The van der Waals surface area contributed by atoms with Gasteiger partial charge < -0.3 is 18.5 Å². The van der Waals surface area contributed by atoms with Crippen LogP contribution in [0.5, 0.6) is 0 Å². The van der Waals surface area contributed by atoms with Gasteiger partial charge in [0.1, 0.15) is 0 Å². The van der Waals surface area contributed by atoms with Crippen LogP contribution in [0.25, 0.3) is 0 Å². The fourth-order valence-corrected chi connectivity index (χ4v) is 11.1. The van der Waals surface area contributed by atoms with Gasteiger partial charge >= 0.3 is 5.97 Å². The van der Waals surface area contributed by atoms with E-state index in [0.717, 1.165) is 0 Å². The Morgan fingerprint density at radius 1 is 0.739 bits per heavy atom. The molecule has 0 heterocycles. The van der Waals surface area contributed by atoms with Crippen molar-refractivity contribution in [3.8, 4) is 0 Å². The average molecular weight is 660 g/mol. The predicted octanol–water partition coefficient (Wildman–Crippen LogP) is 7.74. The number of nitrogens with zero attached hydrogens (tertiary/aromatic N) is 1. The Balaban J connectivity index is 1.95. The Labute approximate surface area is 279 Å². The monoisotopic (exact) mass is 659 g/mol. The van der Waals surface area contributed by atoms with Gasteiger partial charge in [-0.3, -0.25) is 4.79 Å². The highest BCUT2D eigenvalue weighted by molar-refractivity contribution is 6.99. The molecule has 0 fully saturated rings. The minimum Gasteiger partial charge on any atom is -0.465 e. The van der Waals surface area contributed by atoms with Crippen molar-refractivity contribution in [2.24, 2.45) is 0 Å². The number of carbonyl (C=O) groups excluding carboxylic acids is 2. The van der Waals surface area contributed by atoms with Gasteiger partial charge in [0.2, 0.25) is 0 Å². The number of hydrogen-bond acceptors (Lipinski definition) is 5. The summed E-state index contributed by atoms with van der Waals surface area (Å²) in [5.74, 6) is -0.665. The van der Waals surface area contributed by atoms with Crippen LogP contribution in [-0.4, -0.2) is 55.9 Å². The van der Waals surface area contributed by atoms with Crippen LogP contribution < -0.4 is 15.3 Å². The molecule has 0 saturated heterocycles. The highest BCUT2D eigenvalue weighted by atomic mass is 28.4. The van der Waals surface area contributed by atoms with Crippen LogP contribution in [0.1, 0.15) is 64.7 Å². The van der Waals surface area contributed by atoms with Gasteiger partial charge in [-0.15, -0.1) is 0 Å². The molecule has 3 aromatic carbocycles. The quantitative estimate of drug-likeness (QED) is 0.0813. The number of benzene rings is 3. The molecule has 0 N–H and O–H groups in total. The van der Waals surface area contributed by atoms with Crippen molar-refractivity contribution in [2.75, 3.05) is 32.3 Å². The van der Waals surface area contributed by atoms with Crippen molar-refractivity contribution >= 4 is 44.6 Å². The molecule has 0 aromatic heterocycles. The third-order valence-electron chi connectivity index (χ3n) is 9.13. The molecule has 3 aromatic rings. The fourth-order valence-electron chi connectivity index (χ4n) is 5.51. The van der Waals surface area contributed by atoms with Gasteiger partial charge in [0.15, 0.2) is 8.32 Å². The van der Waals surface area contributed by atoms with Crippen molar-refractivity contribution in [2.45, 2.75) is 77.6 Å². The number of carbonyl (C=O) groups is 2. The molecular weight excluding hydrogens is 607 g/mol. The van der Waals surface area contributed by atoms with E-state index in [0.29, 0.717) is 42.9 Å². The molecule has 0 radical (unpaired) electrons. The number of rotatable bonds is 13. The number of para-hydroxylation sites is 1. The smallest absolute Gasteiger partial charge is 0.339 e. The van der Waals surface area contributed by atoms with E-state index in [1.165, 1.54) is 22.4 Å². The minimum atomic E-state index is -2.71. The molecule has 248 valence electrons. The number of likely N-dealkylation sites (N-methyl/N-ethyl adjacent to an activating group) is 1. The number of anilines is 1. The van der Waals surface area contributed by atoms with Gasteiger partial charge in [-0.1, -0.05) is 120 Å². The van der Waals surface area contributed by atoms with E-state index in [4.69, 9.17) is 13.6 Å². The minimum absolute atomic E-state index is 0.0563. The van der Waals surface area contributed by atoms with Crippen molar-refractivity contribution < 1.29 is 23.2 Å². The zero-order valence-electron chi connectivity index (χ0n) is 29.5. The molecule has 0 saturated carbocycles. The SMILES string of the molecule is COC(=O)c1ccccc1N(C)C(=O)/C(=C\CCO[Si](c1ccccc1)(c1ccccc1)C(C)(C)C)CCO[Si](C)(C)C(C)(C)C. The molecule has 1 amide bonds. The van der Waals surface area contributed by atoms with Crippen LogP contribution in [0.15, 0.2) is 96.6 Å². The Hall–Kier alpha value is -3.31. The Morgan fingerprint density at radius 3 is 1.76 bits per heavy atom. The summed E-state index contributed by atoms with van der Waals surface area (Å²) in [6, 6.07) is 28.1. The number of ether oxygens (including phenoxy) is 1. The predicted molar refractivity (Wildman–Crippen MR) is 195 cm³/mol. The molecule has 0 atom stereocenters. The Bertz CT molecular complexity index is 1430. The van der Waals surface area contributed by atoms with Crippen LogP contribution in [0.2, 0.25) is 23.2 Å². The van der Waals surface area contributed by atoms with Gasteiger partial charge in [-0.25, -0.2) is 4.79 Å². The van der Waals surface area contributed by atoms with Crippen molar-refractivity contribution in [3.05, 3.63) is 102 Å². The lowest BCUT2D eigenvalue weighted by Crippen LogP contribution is -2.66. The second-order valence-corrected chi connectivity index (χ2v) is 23.4. The topological polar surface area (TPSA) is 65.1 Å². The van der Waals surface area contributed by atoms with Crippen molar-refractivity contribution in [1.29, 1.82) is 0 Å². The van der Waals surface area contributed by atoms with E-state index >= 15 is 0 Å². The third kappa shape index (κ3) is 8.53. The van der Waals surface area contributed by atoms with E-state index in [1.54, 1.807) is 25.2 Å². The number of hydrogen-bond donors (Lipinski definition) is 0.